The minimum atomic E-state index is -0.624. The molecule has 2 heterocycles. The summed E-state index contributed by atoms with van der Waals surface area (Å²) in [7, 11) is 1.02. The molecule has 1 aliphatic rings. The molecule has 34 heavy (non-hydrogen) atoms. The lowest BCUT2D eigenvalue weighted by molar-refractivity contribution is 0.00578. The van der Waals surface area contributed by atoms with Gasteiger partial charge >= 0.3 is 13.2 Å². The number of amides is 1. The molecule has 7 nitrogen and oxygen atoms in total. The molecule has 1 saturated heterocycles. The van der Waals surface area contributed by atoms with E-state index in [-0.39, 0.29) is 13.2 Å². The van der Waals surface area contributed by atoms with Crippen LogP contribution in [0.5, 0.6) is 5.75 Å². The Balaban J connectivity index is 1.53. The zero-order chi connectivity index (χ0) is 24.3. The Morgan fingerprint density at radius 1 is 1.12 bits per heavy atom. The van der Waals surface area contributed by atoms with E-state index in [1.165, 1.54) is 11.3 Å². The second-order valence-electron chi connectivity index (χ2n) is 9.11. The third kappa shape index (κ3) is 5.43. The number of carbonyl (C=O) groups is 1. The van der Waals surface area contributed by atoms with Gasteiger partial charge in [-0.3, -0.25) is 0 Å². The number of methoxy groups -OCH3 is 1. The van der Waals surface area contributed by atoms with E-state index in [0.717, 1.165) is 32.0 Å². The second-order valence-corrected chi connectivity index (χ2v) is 10.2. The topological polar surface area (TPSA) is 78.9 Å². The van der Waals surface area contributed by atoms with Gasteiger partial charge in [0.25, 0.3) is 0 Å². The Morgan fingerprint density at radius 2 is 1.82 bits per heavy atom. The Labute approximate surface area is 204 Å². The van der Waals surface area contributed by atoms with Crippen LogP contribution in [0.3, 0.4) is 0 Å². The first kappa shape index (κ1) is 24.3. The number of nitrogens with zero attached hydrogens (tertiary/aromatic N) is 1. The van der Waals surface area contributed by atoms with Gasteiger partial charge < -0.3 is 24.1 Å². The summed E-state index contributed by atoms with van der Waals surface area (Å²) in [5.74, 6) is 0.778. The number of fused-ring (bicyclic) bond motifs is 1. The van der Waals surface area contributed by atoms with Crippen LogP contribution in [0.2, 0.25) is 0 Å². The quantitative estimate of drug-likeness (QED) is 0.466. The van der Waals surface area contributed by atoms with E-state index in [9.17, 15) is 4.79 Å². The fourth-order valence-corrected chi connectivity index (χ4v) is 4.39. The maximum Gasteiger partial charge on any atom is 0.492 e. The molecule has 178 valence electrons. The lowest BCUT2D eigenvalue weighted by Gasteiger charge is -2.32. The van der Waals surface area contributed by atoms with Gasteiger partial charge in [-0.25, -0.2) is 9.78 Å². The van der Waals surface area contributed by atoms with Gasteiger partial charge in [-0.2, -0.15) is 0 Å². The van der Waals surface area contributed by atoms with Crippen LogP contribution in [0.4, 0.5) is 4.79 Å². The Morgan fingerprint density at radius 3 is 2.50 bits per heavy atom. The summed E-state index contributed by atoms with van der Waals surface area (Å²) in [5.41, 5.74) is 1.53. The van der Waals surface area contributed by atoms with Crippen molar-refractivity contribution in [2.75, 3.05) is 13.7 Å². The van der Waals surface area contributed by atoms with Crippen LogP contribution in [0, 0.1) is 0 Å². The van der Waals surface area contributed by atoms with Crippen LogP contribution >= 0.6 is 11.3 Å². The Hall–Kier alpha value is -2.88. The summed E-state index contributed by atoms with van der Waals surface area (Å²) >= 11 is 1.53. The molecule has 1 aliphatic heterocycles. The zero-order valence-electron chi connectivity index (χ0n) is 20.1. The molecule has 1 aromatic heterocycles. The summed E-state index contributed by atoms with van der Waals surface area (Å²) in [6.07, 6.45) is 1.40. The van der Waals surface area contributed by atoms with Crippen LogP contribution in [-0.4, -0.2) is 43.1 Å². The third-order valence-corrected chi connectivity index (χ3v) is 7.09. The molecule has 1 fully saturated rings. The lowest BCUT2D eigenvalue weighted by Crippen LogP contribution is -2.41. The molecule has 0 spiro atoms. The van der Waals surface area contributed by atoms with Gasteiger partial charge in [-0.05, 0) is 63.0 Å². The maximum absolute atomic E-state index is 12.4. The van der Waals surface area contributed by atoms with Crippen molar-refractivity contribution in [2.24, 2.45) is 0 Å². The van der Waals surface area contributed by atoms with Crippen molar-refractivity contribution in [1.29, 1.82) is 0 Å². The number of ether oxygens (including phenoxy) is 2. The molecule has 4 rings (SSSR count). The molecule has 1 N–H and O–H groups in total. The first-order valence-electron chi connectivity index (χ1n) is 11.1. The minimum Gasteiger partial charge on any atom is -0.497 e. The van der Waals surface area contributed by atoms with Crippen molar-refractivity contribution in [3.05, 3.63) is 64.6 Å². The van der Waals surface area contributed by atoms with Gasteiger partial charge in [-0.15, -0.1) is 11.3 Å². The van der Waals surface area contributed by atoms with Gasteiger partial charge in [0.2, 0.25) is 0 Å². The number of carbonyl (C=O) groups excluding carboxylic acids is 1. The largest absolute Gasteiger partial charge is 0.497 e. The number of nitrogens with one attached hydrogen (secondary N) is 1. The first-order chi connectivity index (χ1) is 16.2. The maximum atomic E-state index is 12.4. The highest BCUT2D eigenvalue weighted by molar-refractivity contribution is 7.19. The van der Waals surface area contributed by atoms with Crippen molar-refractivity contribution in [2.45, 2.75) is 45.5 Å². The molecule has 0 bridgehead atoms. The summed E-state index contributed by atoms with van der Waals surface area (Å²) < 4.78 is 24.2. The highest BCUT2D eigenvalue weighted by Crippen LogP contribution is 2.39. The van der Waals surface area contributed by atoms with E-state index in [2.05, 4.69) is 5.32 Å². The highest BCUT2D eigenvalue weighted by atomic mass is 32.1. The number of thiazole rings is 1. The molecule has 9 heteroatoms. The van der Waals surface area contributed by atoms with Crippen LogP contribution in [-0.2, 0) is 20.7 Å². The van der Waals surface area contributed by atoms with E-state index >= 15 is 0 Å². The normalized spacial score (nSPS) is 17.1. The zero-order valence-corrected chi connectivity index (χ0v) is 20.9. The van der Waals surface area contributed by atoms with Crippen molar-refractivity contribution in [3.8, 4) is 5.75 Å². The van der Waals surface area contributed by atoms with E-state index in [1.807, 2.05) is 82.3 Å². The van der Waals surface area contributed by atoms with E-state index < -0.39 is 24.4 Å². The summed E-state index contributed by atoms with van der Waals surface area (Å²) in [6.45, 7) is 8.38. The van der Waals surface area contributed by atoms with Crippen LogP contribution in [0.15, 0.2) is 54.0 Å². The first-order valence-corrected chi connectivity index (χ1v) is 11.9. The van der Waals surface area contributed by atoms with Gasteiger partial charge in [-0.1, -0.05) is 30.3 Å². The summed E-state index contributed by atoms with van der Waals surface area (Å²) in [4.78, 5) is 17.1. The van der Waals surface area contributed by atoms with Gasteiger partial charge in [0.15, 0.2) is 0 Å². The molecule has 0 aliphatic carbocycles. The number of aromatic nitrogens is 1. The van der Waals surface area contributed by atoms with Crippen LogP contribution in [0.1, 0.15) is 38.3 Å². The monoisotopic (exact) mass is 480 g/mol. The minimum absolute atomic E-state index is 0.196. The Kier molecular flexibility index (Phi) is 6.97. The van der Waals surface area contributed by atoms with Gasteiger partial charge in [0, 0.05) is 6.54 Å². The molecule has 1 amide bonds. The van der Waals surface area contributed by atoms with Crippen molar-refractivity contribution >= 4 is 40.8 Å². The van der Waals surface area contributed by atoms with Gasteiger partial charge in [0.05, 0.1) is 28.5 Å². The summed E-state index contributed by atoms with van der Waals surface area (Å²) in [6, 6.07) is 15.3. The number of alkyl carbamates (subject to hydrolysis) is 1. The second kappa shape index (κ2) is 9.78. The molecule has 3 aromatic rings. The Bertz CT molecular complexity index is 1180. The number of rotatable bonds is 7. The third-order valence-electron chi connectivity index (χ3n) is 6.13. The number of hydrogen-bond donors (Lipinski definition) is 1. The van der Waals surface area contributed by atoms with Gasteiger partial charge in [0.1, 0.15) is 17.4 Å². The average molecular weight is 480 g/mol. The van der Waals surface area contributed by atoms with E-state index in [1.54, 1.807) is 7.11 Å². The molecule has 0 radical (unpaired) electrons. The average Bonchev–Trinajstić information content (AvgIpc) is 3.31. The van der Waals surface area contributed by atoms with Crippen LogP contribution < -0.4 is 10.1 Å². The van der Waals surface area contributed by atoms with E-state index in [0.29, 0.717) is 0 Å². The highest BCUT2D eigenvalue weighted by Gasteiger charge is 2.52. The molecule has 0 unspecified atom stereocenters. The molecular formula is C25H29BN2O5S. The van der Waals surface area contributed by atoms with Crippen molar-refractivity contribution < 1.29 is 23.6 Å². The van der Waals surface area contributed by atoms with Crippen molar-refractivity contribution in [3.63, 3.8) is 0 Å². The number of benzene rings is 2. The standard InChI is InChI=1S/C25H29BN2O5S/c1-24(2)25(3,4)33-26(32-24)18(15-27-23(29)31-16-17-9-7-6-8-10-17)13-22-28-20-12-11-19(30-5)14-21(20)34-22/h6-14H,15-16H2,1-5H3,(H,27,29). The smallest absolute Gasteiger partial charge is 0.492 e. The predicted molar refractivity (Wildman–Crippen MR) is 135 cm³/mol. The molecule has 0 saturated carbocycles. The fourth-order valence-electron chi connectivity index (χ4n) is 3.42. The molecular weight excluding hydrogens is 451 g/mol. The lowest BCUT2D eigenvalue weighted by atomic mass is 9.77. The van der Waals surface area contributed by atoms with E-state index in [4.69, 9.17) is 23.8 Å². The summed E-state index contributed by atoms with van der Waals surface area (Å²) in [5, 5.41) is 3.61. The van der Waals surface area contributed by atoms with Crippen molar-refractivity contribution in [1.82, 2.24) is 10.3 Å². The molecule has 2 aromatic carbocycles. The van der Waals surface area contributed by atoms with Crippen LogP contribution in [0.25, 0.3) is 16.3 Å². The SMILES string of the molecule is COc1ccc2nc(C=C(CNC(=O)OCc3ccccc3)B3OC(C)(C)C(C)(C)O3)sc2c1. The fraction of sp³-hybridized carbons (Fsp3) is 0.360. The predicted octanol–water partition coefficient (Wildman–Crippen LogP) is 5.25. The molecule has 0 atom stereocenters. The number of hydrogen-bond acceptors (Lipinski definition) is 7.